The van der Waals surface area contributed by atoms with Crippen LogP contribution in [0.25, 0.3) is 0 Å². The first-order chi connectivity index (χ1) is 8.13. The van der Waals surface area contributed by atoms with Crippen LogP contribution in [0.5, 0.6) is 0 Å². The van der Waals surface area contributed by atoms with Gasteiger partial charge in [-0.3, -0.25) is 0 Å². The van der Waals surface area contributed by atoms with Crippen LogP contribution >= 0.6 is 0 Å². The zero-order chi connectivity index (χ0) is 12.8. The quantitative estimate of drug-likeness (QED) is 0.747. The molecule has 1 aliphatic heterocycles. The molecule has 0 aromatic rings. The number of nitrogens with zero attached hydrogens (tertiary/aromatic N) is 1. The molecule has 0 atom stereocenters. The van der Waals surface area contributed by atoms with Crippen LogP contribution in [0, 0.1) is 0 Å². The fourth-order valence-electron chi connectivity index (χ4n) is 1.57. The number of nitrogens with two attached hydrogens (primary N) is 1. The lowest BCUT2D eigenvalue weighted by Crippen LogP contribution is -2.16. The SMILES string of the molecule is C=C/C=C(N)/C(C=C)=C1\C=C(C=C)C=CN1C. The Morgan fingerprint density at radius 1 is 1.35 bits per heavy atom. The summed E-state index contributed by atoms with van der Waals surface area (Å²) >= 11 is 0. The monoisotopic (exact) mass is 226 g/mol. The highest BCUT2D eigenvalue weighted by molar-refractivity contribution is 5.50. The Morgan fingerprint density at radius 3 is 2.59 bits per heavy atom. The first-order valence-electron chi connectivity index (χ1n) is 5.34. The lowest BCUT2D eigenvalue weighted by atomic mass is 10.0. The topological polar surface area (TPSA) is 29.3 Å². The summed E-state index contributed by atoms with van der Waals surface area (Å²) in [6.07, 6.45) is 13.0. The molecule has 0 spiro atoms. The van der Waals surface area contributed by atoms with Crippen LogP contribution in [0.2, 0.25) is 0 Å². The molecule has 0 aliphatic carbocycles. The van der Waals surface area contributed by atoms with E-state index in [1.807, 2.05) is 30.3 Å². The van der Waals surface area contributed by atoms with Gasteiger partial charge in [-0.15, -0.1) is 0 Å². The summed E-state index contributed by atoms with van der Waals surface area (Å²) in [5.74, 6) is 0. The predicted molar refractivity (Wildman–Crippen MR) is 74.9 cm³/mol. The van der Waals surface area contributed by atoms with Crippen LogP contribution in [0.4, 0.5) is 0 Å². The van der Waals surface area contributed by atoms with Gasteiger partial charge < -0.3 is 10.6 Å². The van der Waals surface area contributed by atoms with E-state index >= 15 is 0 Å². The molecule has 2 nitrogen and oxygen atoms in total. The van der Waals surface area contributed by atoms with E-state index in [-0.39, 0.29) is 0 Å². The summed E-state index contributed by atoms with van der Waals surface area (Å²) < 4.78 is 0. The van der Waals surface area contributed by atoms with E-state index in [1.54, 1.807) is 24.3 Å². The van der Waals surface area contributed by atoms with Gasteiger partial charge in [-0.1, -0.05) is 38.0 Å². The lowest BCUT2D eigenvalue weighted by molar-refractivity contribution is 0.577. The maximum absolute atomic E-state index is 5.97. The Balaban J connectivity index is 3.33. The van der Waals surface area contributed by atoms with Crippen molar-refractivity contribution in [2.45, 2.75) is 0 Å². The molecule has 17 heavy (non-hydrogen) atoms. The molecule has 0 aromatic carbocycles. The second-order valence-electron chi connectivity index (χ2n) is 3.64. The van der Waals surface area contributed by atoms with Crippen molar-refractivity contribution in [3.63, 3.8) is 0 Å². The predicted octanol–water partition coefficient (Wildman–Crippen LogP) is 3.03. The Labute approximate surface area is 103 Å². The van der Waals surface area contributed by atoms with Gasteiger partial charge in [0.05, 0.1) is 5.70 Å². The normalized spacial score (nSPS) is 18.5. The van der Waals surface area contributed by atoms with Crippen LogP contribution < -0.4 is 5.73 Å². The van der Waals surface area contributed by atoms with Gasteiger partial charge in [-0.2, -0.15) is 0 Å². The van der Waals surface area contributed by atoms with Crippen LogP contribution in [0.3, 0.4) is 0 Å². The van der Waals surface area contributed by atoms with Gasteiger partial charge >= 0.3 is 0 Å². The van der Waals surface area contributed by atoms with Crippen molar-refractivity contribution in [1.29, 1.82) is 0 Å². The van der Waals surface area contributed by atoms with Crippen molar-refractivity contribution in [1.82, 2.24) is 4.90 Å². The van der Waals surface area contributed by atoms with Gasteiger partial charge in [-0.05, 0) is 23.8 Å². The molecule has 0 saturated carbocycles. The maximum atomic E-state index is 5.97. The van der Waals surface area contributed by atoms with Crippen molar-refractivity contribution >= 4 is 0 Å². The lowest BCUT2D eigenvalue weighted by Gasteiger charge is -2.23. The number of rotatable bonds is 4. The highest BCUT2D eigenvalue weighted by atomic mass is 15.1. The van der Waals surface area contributed by atoms with Crippen molar-refractivity contribution < 1.29 is 0 Å². The molecule has 0 fully saturated rings. The second kappa shape index (κ2) is 5.75. The third-order valence-corrected chi connectivity index (χ3v) is 2.50. The molecule has 0 saturated heterocycles. The Kier molecular flexibility index (Phi) is 4.35. The Hall–Kier alpha value is -2.22. The minimum absolute atomic E-state index is 0.645. The first kappa shape index (κ1) is 12.8. The minimum atomic E-state index is 0.645. The van der Waals surface area contributed by atoms with E-state index in [4.69, 9.17) is 5.73 Å². The van der Waals surface area contributed by atoms with Crippen molar-refractivity contribution in [2.24, 2.45) is 5.73 Å². The molecule has 2 heteroatoms. The average molecular weight is 226 g/mol. The second-order valence-corrected chi connectivity index (χ2v) is 3.64. The van der Waals surface area contributed by atoms with E-state index in [0.717, 1.165) is 16.8 Å². The van der Waals surface area contributed by atoms with E-state index in [0.29, 0.717) is 5.70 Å². The minimum Gasteiger partial charge on any atom is -0.398 e. The Morgan fingerprint density at radius 2 is 2.06 bits per heavy atom. The molecular weight excluding hydrogens is 208 g/mol. The molecule has 0 unspecified atom stereocenters. The van der Waals surface area contributed by atoms with Gasteiger partial charge in [0.15, 0.2) is 0 Å². The largest absolute Gasteiger partial charge is 0.398 e. The molecule has 0 bridgehead atoms. The van der Waals surface area contributed by atoms with Crippen LogP contribution in [-0.4, -0.2) is 11.9 Å². The van der Waals surface area contributed by atoms with Crippen LogP contribution in [0.1, 0.15) is 0 Å². The first-order valence-corrected chi connectivity index (χ1v) is 5.34. The third-order valence-electron chi connectivity index (χ3n) is 2.50. The highest BCUT2D eigenvalue weighted by Gasteiger charge is 2.10. The summed E-state index contributed by atoms with van der Waals surface area (Å²) in [7, 11) is 1.97. The molecule has 0 radical (unpaired) electrons. The zero-order valence-corrected chi connectivity index (χ0v) is 10.2. The van der Waals surface area contributed by atoms with Crippen LogP contribution in [-0.2, 0) is 0 Å². The standard InChI is InChI=1S/C15H18N2/c1-5-8-14(16)13(7-3)15-11-12(6-2)9-10-17(15)4/h5-11H,1-3,16H2,4H3/b14-8-,15-13+. The molecule has 1 aliphatic rings. The van der Waals surface area contributed by atoms with E-state index < -0.39 is 0 Å². The summed E-state index contributed by atoms with van der Waals surface area (Å²) in [6.45, 7) is 11.2. The summed E-state index contributed by atoms with van der Waals surface area (Å²) in [4.78, 5) is 1.99. The molecule has 1 rings (SSSR count). The molecule has 2 N–H and O–H groups in total. The molecule has 0 aromatic heterocycles. The van der Waals surface area contributed by atoms with Gasteiger partial charge in [0.1, 0.15) is 0 Å². The fraction of sp³-hybridized carbons (Fsp3) is 0.0667. The molecular formula is C15H18N2. The van der Waals surface area contributed by atoms with Gasteiger partial charge in [0, 0.05) is 24.5 Å². The molecule has 88 valence electrons. The third kappa shape index (κ3) is 2.88. The van der Waals surface area contributed by atoms with E-state index in [9.17, 15) is 0 Å². The maximum Gasteiger partial charge on any atom is 0.0503 e. The van der Waals surface area contributed by atoms with Gasteiger partial charge in [0.25, 0.3) is 0 Å². The Bertz CT molecular complexity index is 459. The van der Waals surface area contributed by atoms with Crippen molar-refractivity contribution in [2.75, 3.05) is 7.05 Å². The van der Waals surface area contributed by atoms with E-state index in [2.05, 4.69) is 19.7 Å². The summed E-state index contributed by atoms with van der Waals surface area (Å²) in [5.41, 5.74) is 9.54. The smallest absolute Gasteiger partial charge is 0.0503 e. The highest BCUT2D eigenvalue weighted by Crippen LogP contribution is 2.22. The number of likely N-dealkylation sites (N-methyl/N-ethyl adjacent to an activating group) is 1. The summed E-state index contributed by atoms with van der Waals surface area (Å²) in [6, 6.07) is 0. The zero-order valence-electron chi connectivity index (χ0n) is 10.2. The van der Waals surface area contributed by atoms with Gasteiger partial charge in [-0.25, -0.2) is 0 Å². The number of allylic oxidation sites excluding steroid dienone is 7. The summed E-state index contributed by atoms with van der Waals surface area (Å²) in [5, 5.41) is 0. The number of hydrogen-bond donors (Lipinski definition) is 1. The van der Waals surface area contributed by atoms with Crippen molar-refractivity contribution in [3.05, 3.63) is 84.9 Å². The molecule has 0 amide bonds. The number of hydrogen-bond acceptors (Lipinski definition) is 2. The van der Waals surface area contributed by atoms with Gasteiger partial charge in [0.2, 0.25) is 0 Å². The average Bonchev–Trinajstić information content (AvgIpc) is 2.33. The fourth-order valence-corrected chi connectivity index (χ4v) is 1.57. The van der Waals surface area contributed by atoms with Crippen LogP contribution in [0.15, 0.2) is 84.9 Å². The van der Waals surface area contributed by atoms with Crippen molar-refractivity contribution in [3.8, 4) is 0 Å². The van der Waals surface area contributed by atoms with E-state index in [1.165, 1.54) is 0 Å². The molecule has 1 heterocycles.